The number of likely N-dealkylation sites (N-methyl/N-ethyl adjacent to an activating group) is 1. The molecule has 1 aliphatic rings. The van der Waals surface area contributed by atoms with E-state index in [0.29, 0.717) is 32.7 Å². The van der Waals surface area contributed by atoms with Gasteiger partial charge in [-0.25, -0.2) is 0 Å². The van der Waals surface area contributed by atoms with Crippen molar-refractivity contribution in [2.45, 2.75) is 13.5 Å². The maximum atomic E-state index is 12.2. The molecule has 21 heavy (non-hydrogen) atoms. The van der Waals surface area contributed by atoms with Crippen LogP contribution < -0.4 is 0 Å². The lowest BCUT2D eigenvalue weighted by molar-refractivity contribution is -0.139. The predicted octanol–water partition coefficient (Wildman–Crippen LogP) is 1.52. The molecule has 0 aliphatic carbocycles. The van der Waals surface area contributed by atoms with Gasteiger partial charge in [0.25, 0.3) is 0 Å². The highest BCUT2D eigenvalue weighted by Gasteiger charge is 2.22. The topological polar surface area (TPSA) is 43.9 Å². The summed E-state index contributed by atoms with van der Waals surface area (Å²) < 4.78 is 0.769. The molecule has 0 unspecified atom stereocenters. The molecule has 0 saturated carbocycles. The van der Waals surface area contributed by atoms with Gasteiger partial charge in [-0.1, -0.05) is 11.6 Å². The summed E-state index contributed by atoms with van der Waals surface area (Å²) >= 11 is 7.44. The largest absolute Gasteiger partial charge is 0.339 e. The third-order valence-electron chi connectivity index (χ3n) is 3.54. The average Bonchev–Trinajstić information content (AvgIpc) is 2.83. The third kappa shape index (κ3) is 4.69. The Kier molecular flexibility index (Phi) is 5.61. The number of hydrogen-bond acceptors (Lipinski definition) is 4. The fourth-order valence-electron chi connectivity index (χ4n) is 2.36. The highest BCUT2D eigenvalue weighted by molar-refractivity contribution is 7.16. The second kappa shape index (κ2) is 7.24. The van der Waals surface area contributed by atoms with Gasteiger partial charge < -0.3 is 9.80 Å². The van der Waals surface area contributed by atoms with Crippen LogP contribution in [0.15, 0.2) is 12.1 Å². The van der Waals surface area contributed by atoms with E-state index in [1.54, 1.807) is 11.8 Å². The molecule has 0 atom stereocenters. The van der Waals surface area contributed by atoms with Crippen LogP contribution in [0.4, 0.5) is 0 Å². The van der Waals surface area contributed by atoms with Gasteiger partial charge in [0.05, 0.1) is 10.9 Å². The predicted molar refractivity (Wildman–Crippen MR) is 84.5 cm³/mol. The summed E-state index contributed by atoms with van der Waals surface area (Å²) in [5.74, 6) is 0.192. The first-order valence-corrected chi connectivity index (χ1v) is 8.11. The summed E-state index contributed by atoms with van der Waals surface area (Å²) in [6.07, 6.45) is 0. The number of piperazine rings is 1. The molecule has 0 bridgehead atoms. The standard InChI is InChI=1S/C14H20ClN3O2S/c1-11(19)17-5-7-18(8-6-17)14(20)10-16(2)9-12-3-4-13(15)21-12/h3-4H,5-10H2,1-2H3. The van der Waals surface area contributed by atoms with Crippen molar-refractivity contribution in [3.63, 3.8) is 0 Å². The van der Waals surface area contributed by atoms with Crippen molar-refractivity contribution < 1.29 is 9.59 Å². The summed E-state index contributed by atoms with van der Waals surface area (Å²) in [4.78, 5) is 30.2. The SMILES string of the molecule is CC(=O)N1CCN(C(=O)CN(C)Cc2ccc(Cl)s2)CC1. The van der Waals surface area contributed by atoms with Crippen LogP contribution >= 0.6 is 22.9 Å². The zero-order valence-corrected chi connectivity index (χ0v) is 13.9. The summed E-state index contributed by atoms with van der Waals surface area (Å²) in [6.45, 7) is 5.17. The second-order valence-corrected chi connectivity index (χ2v) is 7.06. The van der Waals surface area contributed by atoms with Gasteiger partial charge in [-0.15, -0.1) is 11.3 Å². The molecule has 116 valence electrons. The van der Waals surface area contributed by atoms with Crippen LogP contribution in [0.3, 0.4) is 0 Å². The smallest absolute Gasteiger partial charge is 0.236 e. The molecule has 1 aliphatic heterocycles. The number of thiophene rings is 1. The number of carbonyl (C=O) groups excluding carboxylic acids is 2. The number of nitrogens with zero attached hydrogens (tertiary/aromatic N) is 3. The minimum atomic E-state index is 0.0776. The Hall–Kier alpha value is -1.11. The Balaban J connectivity index is 1.77. The Labute approximate surface area is 134 Å². The van der Waals surface area contributed by atoms with Gasteiger partial charge in [0.1, 0.15) is 0 Å². The van der Waals surface area contributed by atoms with Crippen molar-refractivity contribution in [1.29, 1.82) is 0 Å². The first-order valence-electron chi connectivity index (χ1n) is 6.92. The summed E-state index contributed by atoms with van der Waals surface area (Å²) in [6, 6.07) is 3.86. The molecule has 1 aromatic rings. The molecule has 0 N–H and O–H groups in total. The number of halogens is 1. The molecule has 7 heteroatoms. The molecule has 0 radical (unpaired) electrons. The number of rotatable bonds is 4. The number of amides is 2. The van der Waals surface area contributed by atoms with Crippen molar-refractivity contribution in [3.05, 3.63) is 21.3 Å². The molecular weight excluding hydrogens is 310 g/mol. The molecule has 2 amide bonds. The van der Waals surface area contributed by atoms with E-state index in [1.807, 2.05) is 29.0 Å². The van der Waals surface area contributed by atoms with Gasteiger partial charge in [-0.05, 0) is 19.2 Å². The van der Waals surface area contributed by atoms with E-state index < -0.39 is 0 Å². The molecular formula is C14H20ClN3O2S. The first-order chi connectivity index (χ1) is 9.95. The van der Waals surface area contributed by atoms with Gasteiger partial charge >= 0.3 is 0 Å². The lowest BCUT2D eigenvalue weighted by atomic mass is 10.3. The molecule has 0 aromatic carbocycles. The molecule has 0 spiro atoms. The normalized spacial score (nSPS) is 15.6. The van der Waals surface area contributed by atoms with Crippen molar-refractivity contribution in [2.24, 2.45) is 0 Å². The molecule has 5 nitrogen and oxygen atoms in total. The van der Waals surface area contributed by atoms with E-state index in [9.17, 15) is 9.59 Å². The maximum Gasteiger partial charge on any atom is 0.236 e. The van der Waals surface area contributed by atoms with Crippen LogP contribution in [0, 0.1) is 0 Å². The minimum absolute atomic E-state index is 0.0776. The van der Waals surface area contributed by atoms with Crippen LogP contribution in [-0.4, -0.2) is 66.3 Å². The fourth-order valence-corrected chi connectivity index (χ4v) is 3.53. The van der Waals surface area contributed by atoms with E-state index in [2.05, 4.69) is 0 Å². The van der Waals surface area contributed by atoms with Gasteiger partial charge in [0, 0.05) is 44.5 Å². The third-order valence-corrected chi connectivity index (χ3v) is 4.75. The van der Waals surface area contributed by atoms with E-state index in [0.717, 1.165) is 15.8 Å². The van der Waals surface area contributed by atoms with E-state index >= 15 is 0 Å². The summed E-state index contributed by atoms with van der Waals surface area (Å²) in [5, 5.41) is 0. The number of hydrogen-bond donors (Lipinski definition) is 0. The van der Waals surface area contributed by atoms with Crippen molar-refractivity contribution in [2.75, 3.05) is 39.8 Å². The lowest BCUT2D eigenvalue weighted by Crippen LogP contribution is -2.51. The molecule has 2 heterocycles. The van der Waals surface area contributed by atoms with E-state index in [-0.39, 0.29) is 11.8 Å². The van der Waals surface area contributed by atoms with Crippen LogP contribution in [0.25, 0.3) is 0 Å². The Morgan fingerprint density at radius 1 is 1.24 bits per heavy atom. The van der Waals surface area contributed by atoms with Gasteiger partial charge in [-0.2, -0.15) is 0 Å². The van der Waals surface area contributed by atoms with Gasteiger partial charge in [0.2, 0.25) is 11.8 Å². The minimum Gasteiger partial charge on any atom is -0.339 e. The van der Waals surface area contributed by atoms with Gasteiger partial charge in [-0.3, -0.25) is 14.5 Å². The van der Waals surface area contributed by atoms with Crippen LogP contribution in [-0.2, 0) is 16.1 Å². The summed E-state index contributed by atoms with van der Waals surface area (Å²) in [5.41, 5.74) is 0. The van der Waals surface area contributed by atoms with Crippen LogP contribution in [0.1, 0.15) is 11.8 Å². The quantitative estimate of drug-likeness (QED) is 0.841. The highest BCUT2D eigenvalue weighted by atomic mass is 35.5. The Bertz CT molecular complexity index is 512. The van der Waals surface area contributed by atoms with Crippen molar-refractivity contribution >= 4 is 34.8 Å². The lowest BCUT2D eigenvalue weighted by Gasteiger charge is -2.35. The molecule has 2 rings (SSSR count). The number of carbonyl (C=O) groups is 2. The van der Waals surface area contributed by atoms with Crippen molar-refractivity contribution in [3.8, 4) is 0 Å². The molecule has 1 aromatic heterocycles. The Morgan fingerprint density at radius 2 is 1.86 bits per heavy atom. The second-order valence-electron chi connectivity index (χ2n) is 5.26. The van der Waals surface area contributed by atoms with Crippen molar-refractivity contribution in [1.82, 2.24) is 14.7 Å². The zero-order chi connectivity index (χ0) is 15.4. The Morgan fingerprint density at radius 3 is 2.38 bits per heavy atom. The fraction of sp³-hybridized carbons (Fsp3) is 0.571. The monoisotopic (exact) mass is 329 g/mol. The summed E-state index contributed by atoms with van der Waals surface area (Å²) in [7, 11) is 1.93. The molecule has 1 saturated heterocycles. The average molecular weight is 330 g/mol. The van der Waals surface area contributed by atoms with E-state index in [1.165, 1.54) is 11.3 Å². The maximum absolute atomic E-state index is 12.2. The van der Waals surface area contributed by atoms with Crippen LogP contribution in [0.2, 0.25) is 4.34 Å². The van der Waals surface area contributed by atoms with E-state index in [4.69, 9.17) is 11.6 Å². The first kappa shape index (κ1) is 16.3. The molecule has 1 fully saturated rings. The van der Waals surface area contributed by atoms with Crippen LogP contribution in [0.5, 0.6) is 0 Å². The zero-order valence-electron chi connectivity index (χ0n) is 12.3. The highest BCUT2D eigenvalue weighted by Crippen LogP contribution is 2.22. The van der Waals surface area contributed by atoms with Gasteiger partial charge in [0.15, 0.2) is 0 Å².